The Kier molecular flexibility index (Phi) is 6.20. The van der Waals surface area contributed by atoms with Crippen molar-refractivity contribution in [2.24, 2.45) is 23.2 Å². The smallest absolute Gasteiger partial charge is 0.222 e. The second kappa shape index (κ2) is 8.69. The zero-order valence-corrected chi connectivity index (χ0v) is 20.5. The van der Waals surface area contributed by atoms with Crippen molar-refractivity contribution in [3.8, 4) is 0 Å². The molecule has 6 aliphatic rings. The van der Waals surface area contributed by atoms with Crippen LogP contribution in [0.1, 0.15) is 104 Å². The molecule has 0 aromatic heterocycles. The van der Waals surface area contributed by atoms with Crippen LogP contribution in [-0.4, -0.2) is 47.0 Å². The van der Waals surface area contributed by atoms with E-state index in [1.807, 2.05) is 0 Å². The third-order valence-electron chi connectivity index (χ3n) is 9.05. The first kappa shape index (κ1) is 22.8. The molecule has 2 unspecified atom stereocenters. The molecule has 4 aliphatic heterocycles. The number of amides is 1. The molecule has 0 aromatic rings. The van der Waals surface area contributed by atoms with E-state index in [9.17, 15) is 9.59 Å². The molecule has 32 heavy (non-hydrogen) atoms. The largest absolute Gasteiger partial charge is 0.353 e. The van der Waals surface area contributed by atoms with Gasteiger partial charge in [0.2, 0.25) is 5.91 Å². The summed E-state index contributed by atoms with van der Waals surface area (Å²) in [6.07, 6.45) is 14.1. The average molecular weight is 445 g/mol. The maximum absolute atomic E-state index is 13.0. The van der Waals surface area contributed by atoms with Crippen LogP contribution in [0.5, 0.6) is 0 Å². The van der Waals surface area contributed by atoms with Crippen LogP contribution in [0.4, 0.5) is 0 Å². The monoisotopic (exact) mass is 444 g/mol. The van der Waals surface area contributed by atoms with Crippen LogP contribution in [-0.2, 0) is 14.3 Å². The summed E-state index contributed by atoms with van der Waals surface area (Å²) < 4.78 is 6.36. The molecule has 6 bridgehead atoms. The number of hydrogen-bond donors (Lipinski definition) is 1. The highest BCUT2D eigenvalue weighted by atomic mass is 16.5. The first-order chi connectivity index (χ1) is 15.2. The molecule has 180 valence electrons. The minimum absolute atomic E-state index is 0.197. The number of Topliss-reactive ketones (excluding diaryl/α,β-unsaturated/α-hetero) is 1. The van der Waals surface area contributed by atoms with Crippen LogP contribution in [0.3, 0.4) is 0 Å². The van der Waals surface area contributed by atoms with E-state index in [0.29, 0.717) is 54.7 Å². The van der Waals surface area contributed by atoms with Crippen LogP contribution < -0.4 is 5.32 Å². The maximum atomic E-state index is 13.0. The van der Waals surface area contributed by atoms with E-state index in [4.69, 9.17) is 4.74 Å². The molecule has 1 amide bonds. The summed E-state index contributed by atoms with van der Waals surface area (Å²) >= 11 is 0. The van der Waals surface area contributed by atoms with Gasteiger partial charge in [0.1, 0.15) is 11.5 Å². The van der Waals surface area contributed by atoms with Gasteiger partial charge in [-0.25, -0.2) is 0 Å². The van der Waals surface area contributed by atoms with Gasteiger partial charge in [-0.05, 0) is 93.8 Å². The lowest BCUT2D eigenvalue weighted by Gasteiger charge is -2.56. The van der Waals surface area contributed by atoms with Gasteiger partial charge in [0, 0.05) is 24.9 Å². The van der Waals surface area contributed by atoms with Gasteiger partial charge in [0.25, 0.3) is 0 Å². The average Bonchev–Trinajstić information content (AvgIpc) is 2.88. The Labute approximate surface area is 194 Å². The number of ether oxygens (including phenoxy) is 1. The van der Waals surface area contributed by atoms with Gasteiger partial charge < -0.3 is 10.1 Å². The van der Waals surface area contributed by atoms with Gasteiger partial charge in [-0.2, -0.15) is 0 Å². The highest BCUT2D eigenvalue weighted by Crippen LogP contribution is 2.52. The topological polar surface area (TPSA) is 58.6 Å². The van der Waals surface area contributed by atoms with Crippen molar-refractivity contribution in [2.45, 2.75) is 128 Å². The van der Waals surface area contributed by atoms with E-state index < -0.39 is 0 Å². The molecule has 4 heterocycles. The second-order valence-electron chi connectivity index (χ2n) is 13.2. The molecular formula is C27H44N2O3. The van der Waals surface area contributed by atoms with E-state index in [1.165, 1.54) is 32.1 Å². The molecule has 5 heteroatoms. The highest BCUT2D eigenvalue weighted by molar-refractivity contribution is 5.80. The van der Waals surface area contributed by atoms with E-state index in [2.05, 4.69) is 31.0 Å². The molecule has 2 aliphatic carbocycles. The number of fused-ring (bicyclic) bond motifs is 2. The van der Waals surface area contributed by atoms with Crippen LogP contribution >= 0.6 is 0 Å². The fourth-order valence-electron chi connectivity index (χ4n) is 7.97. The summed E-state index contributed by atoms with van der Waals surface area (Å²) in [6, 6.07) is 0.989. The Bertz CT molecular complexity index is 678. The van der Waals surface area contributed by atoms with Crippen molar-refractivity contribution in [1.29, 1.82) is 0 Å². The summed E-state index contributed by atoms with van der Waals surface area (Å²) in [5.74, 6) is 2.56. The van der Waals surface area contributed by atoms with Gasteiger partial charge in [0.15, 0.2) is 0 Å². The second-order valence-corrected chi connectivity index (χ2v) is 13.2. The van der Waals surface area contributed by atoms with Crippen molar-refractivity contribution in [3.05, 3.63) is 0 Å². The lowest BCUT2D eigenvalue weighted by Crippen LogP contribution is -2.63. The molecule has 5 nitrogen and oxygen atoms in total. The van der Waals surface area contributed by atoms with Crippen LogP contribution in [0.2, 0.25) is 0 Å². The lowest BCUT2D eigenvalue weighted by molar-refractivity contribution is -0.233. The Morgan fingerprint density at radius 2 is 1.66 bits per heavy atom. The third-order valence-corrected chi connectivity index (χ3v) is 9.05. The predicted octanol–water partition coefficient (Wildman–Crippen LogP) is 4.83. The standard InChI is InChI=1S/C27H44N2O3/c1-26(2,3)8-4-5-23(30)17-29-21-6-7-22(29)11-18(10-21)14-25(31)28-27-15-19-9-20(16-27)13-24(12-19)32-27/h18-22,24H,4-17H2,1-3H3,(H,28,31)/t18-,19?,20?,21-,22+,24?,27?. The first-order valence-electron chi connectivity index (χ1n) is 13.4. The van der Waals surface area contributed by atoms with Crippen LogP contribution in [0.25, 0.3) is 0 Å². The van der Waals surface area contributed by atoms with Crippen LogP contribution in [0, 0.1) is 23.2 Å². The van der Waals surface area contributed by atoms with Gasteiger partial charge in [-0.1, -0.05) is 20.8 Å². The first-order valence-corrected chi connectivity index (χ1v) is 13.4. The van der Waals surface area contributed by atoms with Gasteiger partial charge in [0.05, 0.1) is 12.6 Å². The van der Waals surface area contributed by atoms with E-state index in [1.54, 1.807) is 0 Å². The van der Waals surface area contributed by atoms with Crippen LogP contribution in [0.15, 0.2) is 0 Å². The normalized spacial score (nSPS) is 40.6. The Balaban J connectivity index is 1.09. The minimum Gasteiger partial charge on any atom is -0.353 e. The maximum Gasteiger partial charge on any atom is 0.222 e. The third kappa shape index (κ3) is 5.09. The van der Waals surface area contributed by atoms with E-state index >= 15 is 0 Å². The molecule has 5 atom stereocenters. The summed E-state index contributed by atoms with van der Waals surface area (Å²) in [6.45, 7) is 7.36. The molecule has 1 N–H and O–H groups in total. The number of piperidine rings is 1. The number of rotatable bonds is 8. The molecule has 6 rings (SSSR count). The molecule has 0 radical (unpaired) electrons. The summed E-state index contributed by atoms with van der Waals surface area (Å²) in [5.41, 5.74) is -0.0512. The molecule has 0 spiro atoms. The number of nitrogens with zero attached hydrogens (tertiary/aromatic N) is 1. The van der Waals surface area contributed by atoms with Gasteiger partial charge in [-0.3, -0.25) is 14.5 Å². The zero-order chi connectivity index (χ0) is 22.5. The van der Waals surface area contributed by atoms with Crippen molar-refractivity contribution in [1.82, 2.24) is 10.2 Å². The Morgan fingerprint density at radius 3 is 2.25 bits per heavy atom. The fourth-order valence-corrected chi connectivity index (χ4v) is 7.97. The van der Waals surface area contributed by atoms with Crippen molar-refractivity contribution >= 4 is 11.7 Å². The number of hydrogen-bond acceptors (Lipinski definition) is 4. The van der Waals surface area contributed by atoms with Gasteiger partial charge >= 0.3 is 0 Å². The highest BCUT2D eigenvalue weighted by Gasteiger charge is 2.53. The van der Waals surface area contributed by atoms with Crippen molar-refractivity contribution in [3.63, 3.8) is 0 Å². The molecule has 4 saturated heterocycles. The summed E-state index contributed by atoms with van der Waals surface area (Å²) in [5, 5.41) is 3.37. The molecular weight excluding hydrogens is 400 g/mol. The minimum atomic E-state index is -0.356. The van der Waals surface area contributed by atoms with E-state index in [0.717, 1.165) is 50.4 Å². The number of nitrogens with one attached hydrogen (secondary N) is 1. The Hall–Kier alpha value is -0.940. The van der Waals surface area contributed by atoms with E-state index in [-0.39, 0.29) is 11.6 Å². The SMILES string of the molecule is CC(C)(C)CCCC(=O)CN1[C@@H]2CC[C@H]1C[C@H](CC(=O)NC13CC4CC(CC(C4)O1)C3)C2. The fraction of sp³-hybridized carbons (Fsp3) is 0.926. The van der Waals surface area contributed by atoms with Gasteiger partial charge in [-0.15, -0.1) is 0 Å². The zero-order valence-electron chi connectivity index (χ0n) is 20.5. The van der Waals surface area contributed by atoms with Crippen molar-refractivity contribution in [2.75, 3.05) is 6.54 Å². The molecule has 0 aromatic carbocycles. The number of ketones is 1. The summed E-state index contributed by atoms with van der Waals surface area (Å²) in [4.78, 5) is 28.1. The van der Waals surface area contributed by atoms with Crippen molar-refractivity contribution < 1.29 is 14.3 Å². The number of carbonyl (C=O) groups excluding carboxylic acids is 2. The lowest BCUT2D eigenvalue weighted by atomic mass is 9.65. The predicted molar refractivity (Wildman–Crippen MR) is 125 cm³/mol. The number of carbonyl (C=O) groups is 2. The molecule has 2 saturated carbocycles. The summed E-state index contributed by atoms with van der Waals surface area (Å²) in [7, 11) is 0. The Morgan fingerprint density at radius 1 is 1.00 bits per heavy atom. The quantitative estimate of drug-likeness (QED) is 0.583. The molecule has 6 fully saturated rings.